The standard InChI is InChI=1S/C14H16F2O2/c1-9-7-11-12(18-11)13(14(9,15)16)17-8-10-5-3-2-4-6-10/h2-6,9,11-13H,7-8H2,1H3/t9-,11-,12-,13-/m0/s1. The first kappa shape index (κ1) is 12.1. The summed E-state index contributed by atoms with van der Waals surface area (Å²) in [5.41, 5.74) is 0.906. The van der Waals surface area contributed by atoms with Gasteiger partial charge in [0.25, 0.3) is 5.92 Å². The van der Waals surface area contributed by atoms with Gasteiger partial charge in [0.15, 0.2) is 6.10 Å². The number of hydrogen-bond donors (Lipinski definition) is 0. The minimum Gasteiger partial charge on any atom is -0.366 e. The van der Waals surface area contributed by atoms with Gasteiger partial charge >= 0.3 is 0 Å². The summed E-state index contributed by atoms with van der Waals surface area (Å²) in [4.78, 5) is 0. The second-order valence-electron chi connectivity index (χ2n) is 5.17. The molecule has 1 saturated carbocycles. The van der Waals surface area contributed by atoms with E-state index < -0.39 is 24.0 Å². The van der Waals surface area contributed by atoms with Crippen molar-refractivity contribution in [2.45, 2.75) is 44.2 Å². The van der Waals surface area contributed by atoms with Crippen molar-refractivity contribution in [3.05, 3.63) is 35.9 Å². The van der Waals surface area contributed by atoms with E-state index in [9.17, 15) is 8.78 Å². The molecule has 0 bridgehead atoms. The molecule has 2 nitrogen and oxygen atoms in total. The van der Waals surface area contributed by atoms with E-state index >= 15 is 0 Å². The average molecular weight is 254 g/mol. The fraction of sp³-hybridized carbons (Fsp3) is 0.571. The monoisotopic (exact) mass is 254 g/mol. The van der Waals surface area contributed by atoms with Crippen molar-refractivity contribution in [2.75, 3.05) is 0 Å². The highest BCUT2D eigenvalue weighted by Gasteiger charge is 2.63. The first-order valence-electron chi connectivity index (χ1n) is 6.28. The molecule has 1 saturated heterocycles. The molecule has 1 aromatic carbocycles. The fourth-order valence-electron chi connectivity index (χ4n) is 2.58. The Bertz CT molecular complexity index is 421. The van der Waals surface area contributed by atoms with Gasteiger partial charge in [-0.25, -0.2) is 8.78 Å². The second kappa shape index (κ2) is 4.28. The van der Waals surface area contributed by atoms with Crippen LogP contribution in [0.25, 0.3) is 0 Å². The summed E-state index contributed by atoms with van der Waals surface area (Å²) in [6.07, 6.45) is -1.12. The highest BCUT2D eigenvalue weighted by Crippen LogP contribution is 2.49. The maximum atomic E-state index is 14.0. The molecule has 0 radical (unpaired) electrons. The van der Waals surface area contributed by atoms with Gasteiger partial charge in [-0.2, -0.15) is 0 Å². The minimum absolute atomic E-state index is 0.0274. The van der Waals surface area contributed by atoms with E-state index in [2.05, 4.69) is 0 Å². The van der Waals surface area contributed by atoms with E-state index in [-0.39, 0.29) is 12.7 Å². The van der Waals surface area contributed by atoms with Gasteiger partial charge in [0, 0.05) is 5.92 Å². The molecule has 0 amide bonds. The van der Waals surface area contributed by atoms with Gasteiger partial charge in [-0.1, -0.05) is 37.3 Å². The zero-order chi connectivity index (χ0) is 12.8. The Labute approximate surface area is 105 Å². The molecule has 2 aliphatic rings. The van der Waals surface area contributed by atoms with Crippen molar-refractivity contribution >= 4 is 0 Å². The molecule has 0 aromatic heterocycles. The Hall–Kier alpha value is -1.00. The Kier molecular flexibility index (Phi) is 2.87. The predicted octanol–water partition coefficient (Wildman–Crippen LogP) is 3.01. The third-order valence-corrected chi connectivity index (χ3v) is 3.81. The summed E-state index contributed by atoms with van der Waals surface area (Å²) >= 11 is 0. The van der Waals surface area contributed by atoms with Crippen molar-refractivity contribution in [3.63, 3.8) is 0 Å². The van der Waals surface area contributed by atoms with Gasteiger partial charge in [0.2, 0.25) is 0 Å². The van der Waals surface area contributed by atoms with Crippen LogP contribution in [0.5, 0.6) is 0 Å². The van der Waals surface area contributed by atoms with Gasteiger partial charge in [-0.05, 0) is 12.0 Å². The molecule has 2 fully saturated rings. The third-order valence-electron chi connectivity index (χ3n) is 3.81. The number of alkyl halides is 2. The van der Waals surface area contributed by atoms with Crippen LogP contribution in [0, 0.1) is 5.92 Å². The Morgan fingerprint density at radius 1 is 1.33 bits per heavy atom. The number of benzene rings is 1. The van der Waals surface area contributed by atoms with Crippen LogP contribution in [0.3, 0.4) is 0 Å². The Morgan fingerprint density at radius 2 is 2.06 bits per heavy atom. The van der Waals surface area contributed by atoms with Crippen LogP contribution in [-0.2, 0) is 16.1 Å². The summed E-state index contributed by atoms with van der Waals surface area (Å²) in [6.45, 7) is 1.77. The number of fused-ring (bicyclic) bond motifs is 1. The molecule has 0 N–H and O–H groups in total. The molecule has 1 aromatic rings. The van der Waals surface area contributed by atoms with Crippen molar-refractivity contribution < 1.29 is 18.3 Å². The predicted molar refractivity (Wildman–Crippen MR) is 62.4 cm³/mol. The van der Waals surface area contributed by atoms with Gasteiger partial charge in [0.1, 0.15) is 6.10 Å². The maximum Gasteiger partial charge on any atom is 0.278 e. The normalized spacial score (nSPS) is 37.1. The number of ether oxygens (including phenoxy) is 2. The van der Waals surface area contributed by atoms with Gasteiger partial charge < -0.3 is 9.47 Å². The molecule has 0 unspecified atom stereocenters. The molecular formula is C14H16F2O2. The highest BCUT2D eigenvalue weighted by molar-refractivity contribution is 5.14. The third kappa shape index (κ3) is 2.04. The van der Waals surface area contributed by atoms with Gasteiger partial charge in [-0.3, -0.25) is 0 Å². The second-order valence-corrected chi connectivity index (χ2v) is 5.17. The van der Waals surface area contributed by atoms with Crippen molar-refractivity contribution in [2.24, 2.45) is 5.92 Å². The quantitative estimate of drug-likeness (QED) is 0.773. The molecular weight excluding hydrogens is 238 g/mol. The summed E-state index contributed by atoms with van der Waals surface area (Å²) < 4.78 is 38.8. The lowest BCUT2D eigenvalue weighted by atomic mass is 9.85. The topological polar surface area (TPSA) is 21.8 Å². The number of epoxide rings is 1. The van der Waals surface area contributed by atoms with Crippen LogP contribution >= 0.6 is 0 Å². The number of hydrogen-bond acceptors (Lipinski definition) is 2. The van der Waals surface area contributed by atoms with Crippen molar-refractivity contribution in [3.8, 4) is 0 Å². The van der Waals surface area contributed by atoms with Crippen LogP contribution in [0.2, 0.25) is 0 Å². The molecule has 1 aliphatic heterocycles. The number of halogens is 2. The Morgan fingerprint density at radius 3 is 2.78 bits per heavy atom. The Balaban J connectivity index is 1.68. The highest BCUT2D eigenvalue weighted by atomic mass is 19.3. The van der Waals surface area contributed by atoms with Crippen LogP contribution in [-0.4, -0.2) is 24.2 Å². The summed E-state index contributed by atoms with van der Waals surface area (Å²) in [7, 11) is 0. The van der Waals surface area contributed by atoms with Gasteiger partial charge in [0.05, 0.1) is 12.7 Å². The van der Waals surface area contributed by atoms with Crippen LogP contribution in [0.15, 0.2) is 30.3 Å². The molecule has 3 rings (SSSR count). The lowest BCUT2D eigenvalue weighted by molar-refractivity contribution is -0.184. The van der Waals surface area contributed by atoms with E-state index in [1.807, 2.05) is 30.3 Å². The van der Waals surface area contributed by atoms with E-state index in [0.29, 0.717) is 6.42 Å². The lowest BCUT2D eigenvalue weighted by Gasteiger charge is -2.33. The largest absolute Gasteiger partial charge is 0.366 e. The molecule has 1 heterocycles. The smallest absolute Gasteiger partial charge is 0.278 e. The van der Waals surface area contributed by atoms with E-state index in [0.717, 1.165) is 5.56 Å². The molecule has 0 spiro atoms. The molecule has 4 heteroatoms. The van der Waals surface area contributed by atoms with E-state index in [4.69, 9.17) is 9.47 Å². The van der Waals surface area contributed by atoms with E-state index in [1.165, 1.54) is 0 Å². The van der Waals surface area contributed by atoms with Crippen LogP contribution in [0.4, 0.5) is 8.78 Å². The fourth-order valence-corrected chi connectivity index (χ4v) is 2.58. The zero-order valence-electron chi connectivity index (χ0n) is 10.2. The van der Waals surface area contributed by atoms with Crippen molar-refractivity contribution in [1.29, 1.82) is 0 Å². The van der Waals surface area contributed by atoms with Crippen LogP contribution in [0.1, 0.15) is 18.9 Å². The molecule has 98 valence electrons. The summed E-state index contributed by atoms with van der Waals surface area (Å²) in [6, 6.07) is 9.37. The summed E-state index contributed by atoms with van der Waals surface area (Å²) in [5.74, 6) is -3.48. The van der Waals surface area contributed by atoms with E-state index in [1.54, 1.807) is 6.92 Å². The summed E-state index contributed by atoms with van der Waals surface area (Å²) in [5, 5.41) is 0. The molecule has 18 heavy (non-hydrogen) atoms. The average Bonchev–Trinajstić information content (AvgIpc) is 3.09. The minimum atomic E-state index is -2.80. The maximum absolute atomic E-state index is 14.0. The molecule has 1 aliphatic carbocycles. The van der Waals surface area contributed by atoms with Crippen molar-refractivity contribution in [1.82, 2.24) is 0 Å². The first-order chi connectivity index (χ1) is 8.59. The zero-order valence-corrected chi connectivity index (χ0v) is 10.2. The first-order valence-corrected chi connectivity index (χ1v) is 6.28. The lowest BCUT2D eigenvalue weighted by Crippen LogP contribution is -2.49. The molecule has 4 atom stereocenters. The van der Waals surface area contributed by atoms with Gasteiger partial charge in [-0.15, -0.1) is 0 Å². The van der Waals surface area contributed by atoms with Crippen LogP contribution < -0.4 is 0 Å². The SMILES string of the molecule is C[C@H]1C[C@@H]2O[C@@H]2[C@H](OCc2ccccc2)C1(F)F. The number of rotatable bonds is 3.